The maximum absolute atomic E-state index is 12.1. The monoisotopic (exact) mass is 223 g/mol. The van der Waals surface area contributed by atoms with Crippen molar-refractivity contribution in [2.24, 2.45) is 0 Å². The summed E-state index contributed by atoms with van der Waals surface area (Å²) in [5.74, 6) is -1.98. The van der Waals surface area contributed by atoms with Crippen LogP contribution in [0.15, 0.2) is 12.3 Å². The summed E-state index contributed by atoms with van der Waals surface area (Å²) >= 11 is 0. The molecule has 1 heterocycles. The van der Waals surface area contributed by atoms with E-state index in [-0.39, 0.29) is 6.15 Å². The molecule has 0 aromatic carbocycles. The van der Waals surface area contributed by atoms with Crippen LogP contribution in [0.5, 0.6) is 0 Å². The molecule has 1 rings (SSSR count). The number of nitrogens with zero attached hydrogens (tertiary/aromatic N) is 1. The minimum atomic E-state index is -4.62. The molecule has 6 N–H and O–H groups in total. The topological polar surface area (TPSA) is 111 Å². The van der Waals surface area contributed by atoms with Crippen LogP contribution in [0.25, 0.3) is 0 Å². The molecule has 0 amide bonds. The number of carboxylic acid groups (broad SMARTS) is 1. The average molecular weight is 223 g/mol. The van der Waals surface area contributed by atoms with Gasteiger partial charge in [0.25, 0.3) is 0 Å². The Morgan fingerprint density at radius 2 is 2.00 bits per heavy atom. The third kappa shape index (κ3) is 2.81. The van der Waals surface area contributed by atoms with E-state index < -0.39 is 29.1 Å². The van der Waals surface area contributed by atoms with Crippen LogP contribution in [0.3, 0.4) is 0 Å². The molecule has 0 radical (unpaired) electrons. The van der Waals surface area contributed by atoms with Gasteiger partial charge >= 0.3 is 12.1 Å². The summed E-state index contributed by atoms with van der Waals surface area (Å²) in [4.78, 5) is 13.6. The molecule has 0 aliphatic heterocycles. The van der Waals surface area contributed by atoms with Crippen molar-refractivity contribution < 1.29 is 23.1 Å². The molecule has 84 valence electrons. The number of aromatic carboxylic acids is 1. The van der Waals surface area contributed by atoms with Crippen LogP contribution in [0, 0.1) is 0 Å². The summed E-state index contributed by atoms with van der Waals surface area (Å²) in [6, 6.07) is 0.449. The molecule has 0 unspecified atom stereocenters. The Hall–Kier alpha value is -1.83. The summed E-state index contributed by atoms with van der Waals surface area (Å²) in [5.41, 5.74) is 3.29. The molecule has 1 aromatic heterocycles. The lowest BCUT2D eigenvalue weighted by Crippen LogP contribution is -2.11. The summed E-state index contributed by atoms with van der Waals surface area (Å²) < 4.78 is 36.3. The molecule has 8 heteroatoms. The van der Waals surface area contributed by atoms with Crippen LogP contribution in [0.1, 0.15) is 15.9 Å². The number of carbonyl (C=O) groups is 1. The van der Waals surface area contributed by atoms with Gasteiger partial charge in [-0.1, -0.05) is 0 Å². The molecule has 0 bridgehead atoms. The number of carboxylic acids is 1. The van der Waals surface area contributed by atoms with Crippen molar-refractivity contribution in [3.8, 4) is 0 Å². The quantitative estimate of drug-likeness (QED) is 0.668. The predicted molar refractivity (Wildman–Crippen MR) is 45.6 cm³/mol. The van der Waals surface area contributed by atoms with Crippen molar-refractivity contribution >= 4 is 11.8 Å². The summed E-state index contributed by atoms with van der Waals surface area (Å²) in [6.07, 6.45) is -4.13. The number of pyridine rings is 1. The van der Waals surface area contributed by atoms with E-state index in [0.29, 0.717) is 12.3 Å². The number of hydrogen-bond acceptors (Lipinski definition) is 4. The first kappa shape index (κ1) is 13.2. The zero-order valence-corrected chi connectivity index (χ0v) is 7.38. The second-order valence-electron chi connectivity index (χ2n) is 2.46. The van der Waals surface area contributed by atoms with Crippen molar-refractivity contribution in [2.75, 3.05) is 5.73 Å². The first-order valence-electron chi connectivity index (χ1n) is 3.38. The van der Waals surface area contributed by atoms with Crippen LogP contribution in [-0.2, 0) is 6.18 Å². The number of alkyl halides is 3. The first-order chi connectivity index (χ1) is 6.32. The van der Waals surface area contributed by atoms with Gasteiger partial charge < -0.3 is 17.0 Å². The van der Waals surface area contributed by atoms with Gasteiger partial charge in [-0.05, 0) is 6.07 Å². The summed E-state index contributed by atoms with van der Waals surface area (Å²) in [5, 5.41) is 8.47. The Morgan fingerprint density at radius 1 is 1.47 bits per heavy atom. The number of nitrogens with two attached hydrogens (primary N) is 1. The van der Waals surface area contributed by atoms with Crippen molar-refractivity contribution in [2.45, 2.75) is 6.18 Å². The molecule has 0 fully saturated rings. The van der Waals surface area contributed by atoms with Gasteiger partial charge in [0.15, 0.2) is 0 Å². The molecular formula is C7H8F3N3O2. The molecular weight excluding hydrogens is 215 g/mol. The average Bonchev–Trinajstić information content (AvgIpc) is 2.02. The van der Waals surface area contributed by atoms with Crippen LogP contribution in [0.2, 0.25) is 0 Å². The molecule has 0 aliphatic carbocycles. The van der Waals surface area contributed by atoms with Crippen LogP contribution < -0.4 is 11.9 Å². The molecule has 15 heavy (non-hydrogen) atoms. The largest absolute Gasteiger partial charge is 0.478 e. The fourth-order valence-corrected chi connectivity index (χ4v) is 0.802. The Bertz CT molecular complexity index is 378. The van der Waals surface area contributed by atoms with Crippen LogP contribution in [0.4, 0.5) is 19.0 Å². The lowest BCUT2D eigenvalue weighted by molar-refractivity contribution is -0.137. The van der Waals surface area contributed by atoms with E-state index in [1.807, 2.05) is 0 Å². The van der Waals surface area contributed by atoms with Crippen LogP contribution >= 0.6 is 0 Å². The normalized spacial score (nSPS) is 10.6. The highest BCUT2D eigenvalue weighted by molar-refractivity contribution is 5.92. The maximum atomic E-state index is 12.1. The molecule has 0 spiro atoms. The van der Waals surface area contributed by atoms with E-state index >= 15 is 0 Å². The Balaban J connectivity index is 0.00000196. The predicted octanol–water partition coefficient (Wildman–Crippen LogP) is 1.54. The van der Waals surface area contributed by atoms with Gasteiger partial charge in [-0.2, -0.15) is 13.2 Å². The van der Waals surface area contributed by atoms with Gasteiger partial charge in [-0.15, -0.1) is 0 Å². The Kier molecular flexibility index (Phi) is 3.63. The van der Waals surface area contributed by atoms with E-state index in [4.69, 9.17) is 10.8 Å². The number of hydrogen-bond donors (Lipinski definition) is 3. The maximum Gasteiger partial charge on any atom is 0.417 e. The molecule has 0 saturated carbocycles. The zero-order chi connectivity index (χ0) is 10.9. The molecule has 0 saturated heterocycles. The number of nitrogen functional groups attached to an aromatic ring is 1. The lowest BCUT2D eigenvalue weighted by Gasteiger charge is -2.07. The fourth-order valence-electron chi connectivity index (χ4n) is 0.802. The number of rotatable bonds is 1. The SMILES string of the molecule is N.Nc1ncc(C(F)(F)F)cc1C(=O)O. The van der Waals surface area contributed by atoms with Crippen molar-refractivity contribution in [3.05, 3.63) is 23.4 Å². The lowest BCUT2D eigenvalue weighted by atomic mass is 10.2. The van der Waals surface area contributed by atoms with Gasteiger partial charge in [0, 0.05) is 6.20 Å². The molecule has 0 atom stereocenters. The third-order valence-electron chi connectivity index (χ3n) is 1.48. The Labute approximate surface area is 82.3 Å². The highest BCUT2D eigenvalue weighted by Gasteiger charge is 2.32. The van der Waals surface area contributed by atoms with Gasteiger partial charge in [0.1, 0.15) is 11.4 Å². The second-order valence-corrected chi connectivity index (χ2v) is 2.46. The summed E-state index contributed by atoms with van der Waals surface area (Å²) in [6.45, 7) is 0. The van der Waals surface area contributed by atoms with E-state index in [9.17, 15) is 18.0 Å². The minimum Gasteiger partial charge on any atom is -0.478 e. The van der Waals surface area contributed by atoms with Crippen LogP contribution in [-0.4, -0.2) is 16.1 Å². The third-order valence-corrected chi connectivity index (χ3v) is 1.48. The standard InChI is InChI=1S/C7H5F3N2O2.H3N/c8-7(9,10)3-1-4(6(13)14)5(11)12-2-3;/h1-2H,(H2,11,12)(H,13,14);1H3. The smallest absolute Gasteiger partial charge is 0.417 e. The van der Waals surface area contributed by atoms with E-state index in [0.717, 1.165) is 0 Å². The molecule has 1 aromatic rings. The number of anilines is 1. The van der Waals surface area contributed by atoms with Crippen molar-refractivity contribution in [1.29, 1.82) is 0 Å². The van der Waals surface area contributed by atoms with E-state index in [1.165, 1.54) is 0 Å². The van der Waals surface area contributed by atoms with Crippen molar-refractivity contribution in [1.82, 2.24) is 11.1 Å². The Morgan fingerprint density at radius 3 is 2.40 bits per heavy atom. The van der Waals surface area contributed by atoms with Gasteiger partial charge in [0.2, 0.25) is 0 Å². The zero-order valence-electron chi connectivity index (χ0n) is 7.38. The van der Waals surface area contributed by atoms with Gasteiger partial charge in [-0.25, -0.2) is 9.78 Å². The van der Waals surface area contributed by atoms with Crippen molar-refractivity contribution in [3.63, 3.8) is 0 Å². The number of halogens is 3. The number of aromatic nitrogens is 1. The van der Waals surface area contributed by atoms with Gasteiger partial charge in [0.05, 0.1) is 5.56 Å². The highest BCUT2D eigenvalue weighted by atomic mass is 19.4. The van der Waals surface area contributed by atoms with Gasteiger partial charge in [-0.3, -0.25) is 0 Å². The first-order valence-corrected chi connectivity index (χ1v) is 3.38. The molecule has 5 nitrogen and oxygen atoms in total. The summed E-state index contributed by atoms with van der Waals surface area (Å²) in [7, 11) is 0. The molecule has 0 aliphatic rings. The van der Waals surface area contributed by atoms with E-state index in [2.05, 4.69) is 4.98 Å². The highest BCUT2D eigenvalue weighted by Crippen LogP contribution is 2.29. The second kappa shape index (κ2) is 4.13. The fraction of sp³-hybridized carbons (Fsp3) is 0.143. The minimum absolute atomic E-state index is 0. The van der Waals surface area contributed by atoms with E-state index in [1.54, 1.807) is 0 Å².